The van der Waals surface area contributed by atoms with Crippen LogP contribution >= 0.6 is 0 Å². The number of nitrogens with one attached hydrogen (secondary N) is 1. The summed E-state index contributed by atoms with van der Waals surface area (Å²) in [6, 6.07) is 17.8. The van der Waals surface area contributed by atoms with Gasteiger partial charge in [0.15, 0.2) is 5.82 Å². The van der Waals surface area contributed by atoms with Gasteiger partial charge in [0.05, 0.1) is 6.10 Å². The van der Waals surface area contributed by atoms with E-state index in [-0.39, 0.29) is 6.10 Å². The number of aromatic nitrogens is 3. The minimum Gasteiger partial charge on any atom is -0.491 e. The van der Waals surface area contributed by atoms with Crippen LogP contribution < -0.4 is 10.1 Å². The molecule has 0 aliphatic carbocycles. The summed E-state index contributed by atoms with van der Waals surface area (Å²) in [7, 11) is 0. The van der Waals surface area contributed by atoms with Gasteiger partial charge in [-0.2, -0.15) is 0 Å². The highest BCUT2D eigenvalue weighted by Gasteiger charge is 2.15. The second-order valence-electron chi connectivity index (χ2n) is 6.46. The predicted octanol–water partition coefficient (Wildman–Crippen LogP) is 4.68. The molecule has 1 N–H and O–H groups in total. The first-order valence-electron chi connectivity index (χ1n) is 8.86. The van der Waals surface area contributed by atoms with Crippen molar-refractivity contribution < 1.29 is 9.26 Å². The van der Waals surface area contributed by atoms with Crippen molar-refractivity contribution in [2.75, 3.05) is 5.32 Å². The van der Waals surface area contributed by atoms with E-state index in [2.05, 4.69) is 20.4 Å². The number of anilines is 1. The summed E-state index contributed by atoms with van der Waals surface area (Å²) in [5.74, 6) is 1.48. The Labute approximate surface area is 157 Å². The van der Waals surface area contributed by atoms with E-state index in [1.54, 1.807) is 0 Å². The molecule has 0 unspecified atom stereocenters. The van der Waals surface area contributed by atoms with Crippen LogP contribution in [0.15, 0.2) is 65.4 Å². The zero-order chi connectivity index (χ0) is 18.6. The monoisotopic (exact) mass is 360 g/mol. The molecular formula is C21H20N4O2. The van der Waals surface area contributed by atoms with Crippen molar-refractivity contribution >= 4 is 16.9 Å². The van der Waals surface area contributed by atoms with E-state index in [0.29, 0.717) is 29.2 Å². The van der Waals surface area contributed by atoms with Crippen LogP contribution in [0, 0.1) is 0 Å². The minimum absolute atomic E-state index is 0.161. The molecule has 0 bridgehead atoms. The molecule has 6 nitrogen and oxygen atoms in total. The summed E-state index contributed by atoms with van der Waals surface area (Å²) in [5, 5.41) is 7.49. The minimum atomic E-state index is 0.161. The van der Waals surface area contributed by atoms with Crippen molar-refractivity contribution in [1.29, 1.82) is 0 Å². The SMILES string of the molecule is CC(C)Oc1ccc(CNc2ncnc3c(-c4ccccc4)noc23)cc1. The molecule has 0 aliphatic rings. The van der Waals surface area contributed by atoms with E-state index >= 15 is 0 Å². The lowest BCUT2D eigenvalue weighted by molar-refractivity contribution is 0.242. The standard InChI is InChI=1S/C21H20N4O2/c1-14(2)26-17-10-8-15(9-11-17)12-22-21-20-19(23-13-24-21)18(25-27-20)16-6-4-3-5-7-16/h3-11,13-14H,12H2,1-2H3,(H,22,23,24). The number of ether oxygens (including phenoxy) is 1. The van der Waals surface area contributed by atoms with Gasteiger partial charge in [0.1, 0.15) is 23.3 Å². The van der Waals surface area contributed by atoms with Gasteiger partial charge in [-0.15, -0.1) is 0 Å². The molecule has 4 aromatic rings. The quantitative estimate of drug-likeness (QED) is 0.538. The lowest BCUT2D eigenvalue weighted by Crippen LogP contribution is -2.06. The van der Waals surface area contributed by atoms with Gasteiger partial charge < -0.3 is 14.6 Å². The molecule has 136 valence electrons. The third-order valence-corrected chi connectivity index (χ3v) is 4.06. The summed E-state index contributed by atoms with van der Waals surface area (Å²) in [6.45, 7) is 4.63. The molecule has 0 saturated carbocycles. The molecule has 2 aromatic carbocycles. The topological polar surface area (TPSA) is 73.1 Å². The first-order chi connectivity index (χ1) is 13.2. The highest BCUT2D eigenvalue weighted by Crippen LogP contribution is 2.29. The Morgan fingerprint density at radius 2 is 1.78 bits per heavy atom. The van der Waals surface area contributed by atoms with Crippen molar-refractivity contribution in [2.24, 2.45) is 0 Å². The maximum absolute atomic E-state index is 5.67. The van der Waals surface area contributed by atoms with Crippen LogP contribution in [-0.2, 0) is 6.54 Å². The van der Waals surface area contributed by atoms with Crippen LogP contribution in [0.4, 0.5) is 5.82 Å². The smallest absolute Gasteiger partial charge is 0.228 e. The third-order valence-electron chi connectivity index (χ3n) is 4.06. The molecule has 0 fully saturated rings. The lowest BCUT2D eigenvalue weighted by Gasteiger charge is -2.10. The van der Waals surface area contributed by atoms with Gasteiger partial charge in [0, 0.05) is 12.1 Å². The van der Waals surface area contributed by atoms with E-state index in [0.717, 1.165) is 16.9 Å². The fraction of sp³-hybridized carbons (Fsp3) is 0.190. The van der Waals surface area contributed by atoms with Crippen molar-refractivity contribution in [2.45, 2.75) is 26.5 Å². The molecule has 0 amide bonds. The molecule has 2 aromatic heterocycles. The molecule has 6 heteroatoms. The van der Waals surface area contributed by atoms with Gasteiger partial charge in [0.2, 0.25) is 5.58 Å². The molecule has 0 aliphatic heterocycles. The van der Waals surface area contributed by atoms with E-state index < -0.39 is 0 Å². The summed E-state index contributed by atoms with van der Waals surface area (Å²) in [4.78, 5) is 8.65. The largest absolute Gasteiger partial charge is 0.491 e. The van der Waals surface area contributed by atoms with E-state index in [1.807, 2.05) is 68.4 Å². The normalized spacial score (nSPS) is 11.1. The highest BCUT2D eigenvalue weighted by atomic mass is 16.5. The second kappa shape index (κ2) is 7.45. The summed E-state index contributed by atoms with van der Waals surface area (Å²) < 4.78 is 11.2. The number of hydrogen-bond donors (Lipinski definition) is 1. The molecular weight excluding hydrogens is 340 g/mol. The molecule has 0 spiro atoms. The molecule has 0 saturated heterocycles. The zero-order valence-electron chi connectivity index (χ0n) is 15.2. The van der Waals surface area contributed by atoms with Gasteiger partial charge in [0.25, 0.3) is 0 Å². The Balaban J connectivity index is 1.54. The Bertz CT molecular complexity index is 1030. The number of nitrogens with zero attached hydrogens (tertiary/aromatic N) is 3. The first-order valence-corrected chi connectivity index (χ1v) is 8.86. The number of rotatable bonds is 6. The van der Waals surface area contributed by atoms with Gasteiger partial charge in [-0.05, 0) is 31.5 Å². The zero-order valence-corrected chi connectivity index (χ0v) is 15.2. The van der Waals surface area contributed by atoms with Crippen LogP contribution in [0.2, 0.25) is 0 Å². The Morgan fingerprint density at radius 3 is 2.52 bits per heavy atom. The van der Waals surface area contributed by atoms with Crippen LogP contribution in [-0.4, -0.2) is 21.2 Å². The second-order valence-corrected chi connectivity index (χ2v) is 6.46. The third kappa shape index (κ3) is 3.74. The van der Waals surface area contributed by atoms with Crippen molar-refractivity contribution in [3.05, 3.63) is 66.5 Å². The van der Waals surface area contributed by atoms with E-state index in [1.165, 1.54) is 6.33 Å². The van der Waals surface area contributed by atoms with Crippen molar-refractivity contribution in [3.63, 3.8) is 0 Å². The Hall–Kier alpha value is -3.41. The number of hydrogen-bond acceptors (Lipinski definition) is 6. The maximum atomic E-state index is 5.67. The highest BCUT2D eigenvalue weighted by molar-refractivity contribution is 5.93. The maximum Gasteiger partial charge on any atom is 0.228 e. The van der Waals surface area contributed by atoms with Crippen molar-refractivity contribution in [1.82, 2.24) is 15.1 Å². The van der Waals surface area contributed by atoms with Gasteiger partial charge >= 0.3 is 0 Å². The Morgan fingerprint density at radius 1 is 1.00 bits per heavy atom. The molecule has 4 rings (SSSR count). The van der Waals surface area contributed by atoms with Crippen LogP contribution in [0.25, 0.3) is 22.4 Å². The predicted molar refractivity (Wildman–Crippen MR) is 105 cm³/mol. The van der Waals surface area contributed by atoms with Crippen LogP contribution in [0.1, 0.15) is 19.4 Å². The average molecular weight is 360 g/mol. The van der Waals surface area contributed by atoms with Crippen LogP contribution in [0.3, 0.4) is 0 Å². The summed E-state index contributed by atoms with van der Waals surface area (Å²) in [5.41, 5.74) is 4.03. The van der Waals surface area contributed by atoms with Crippen molar-refractivity contribution in [3.8, 4) is 17.0 Å². The fourth-order valence-electron chi connectivity index (χ4n) is 2.82. The molecule has 2 heterocycles. The molecule has 27 heavy (non-hydrogen) atoms. The van der Waals surface area contributed by atoms with Gasteiger partial charge in [-0.1, -0.05) is 47.6 Å². The molecule has 0 atom stereocenters. The summed E-state index contributed by atoms with van der Waals surface area (Å²) in [6.07, 6.45) is 1.68. The number of fused-ring (bicyclic) bond motifs is 1. The summed E-state index contributed by atoms with van der Waals surface area (Å²) >= 11 is 0. The number of benzene rings is 2. The van der Waals surface area contributed by atoms with E-state index in [4.69, 9.17) is 9.26 Å². The Kier molecular flexibility index (Phi) is 4.70. The lowest BCUT2D eigenvalue weighted by atomic mass is 10.1. The average Bonchev–Trinajstić information content (AvgIpc) is 3.12. The first kappa shape index (κ1) is 17.0. The van der Waals surface area contributed by atoms with Crippen LogP contribution in [0.5, 0.6) is 5.75 Å². The van der Waals surface area contributed by atoms with Gasteiger partial charge in [-0.25, -0.2) is 9.97 Å². The molecule has 0 radical (unpaired) electrons. The van der Waals surface area contributed by atoms with Gasteiger partial charge in [-0.3, -0.25) is 0 Å². The fourth-order valence-corrected chi connectivity index (χ4v) is 2.82. The van der Waals surface area contributed by atoms with E-state index in [9.17, 15) is 0 Å².